The van der Waals surface area contributed by atoms with Crippen LogP contribution in [0.4, 0.5) is 5.69 Å². The number of carbonyl (C=O) groups is 1. The van der Waals surface area contributed by atoms with Gasteiger partial charge in [0.1, 0.15) is 0 Å². The van der Waals surface area contributed by atoms with Gasteiger partial charge in [-0.2, -0.15) is 9.78 Å². The molecule has 0 aliphatic rings. The van der Waals surface area contributed by atoms with Crippen molar-refractivity contribution in [1.29, 1.82) is 0 Å². The lowest BCUT2D eigenvalue weighted by Crippen LogP contribution is -2.43. The van der Waals surface area contributed by atoms with Crippen LogP contribution >= 0.6 is 0 Å². The molecule has 0 radical (unpaired) electrons. The lowest BCUT2D eigenvalue weighted by atomic mass is 10.1. The highest BCUT2D eigenvalue weighted by Crippen LogP contribution is 2.15. The fraction of sp³-hybridized carbons (Fsp3) is 0.200. The Kier molecular flexibility index (Phi) is 5.03. The van der Waals surface area contributed by atoms with E-state index in [1.165, 1.54) is 7.05 Å². The highest BCUT2D eigenvalue weighted by molar-refractivity contribution is 6.02. The Labute approximate surface area is 155 Å². The van der Waals surface area contributed by atoms with Crippen LogP contribution in [-0.2, 0) is 13.5 Å². The lowest BCUT2D eigenvalue weighted by Gasteiger charge is -2.11. The normalized spacial score (nSPS) is 10.6. The number of nitrogens with one attached hydrogen (secondary N) is 1. The largest absolute Gasteiger partial charge is 0.351 e. The van der Waals surface area contributed by atoms with E-state index >= 15 is 0 Å². The fourth-order valence-corrected chi connectivity index (χ4v) is 2.70. The molecule has 1 amide bonds. The third kappa shape index (κ3) is 3.57. The minimum atomic E-state index is -0.741. The highest BCUT2D eigenvalue weighted by atomic mass is 16.2. The second-order valence-electron chi connectivity index (χ2n) is 6.21. The second-order valence-corrected chi connectivity index (χ2v) is 6.21. The van der Waals surface area contributed by atoms with E-state index in [1.807, 2.05) is 38.1 Å². The maximum Gasteiger partial charge on any atom is 0.351 e. The Balaban J connectivity index is 2.07. The summed E-state index contributed by atoms with van der Waals surface area (Å²) in [5.41, 5.74) is 1.35. The first-order chi connectivity index (χ1) is 12.9. The van der Waals surface area contributed by atoms with Crippen molar-refractivity contribution in [3.63, 3.8) is 0 Å². The number of benzene rings is 2. The van der Waals surface area contributed by atoms with Crippen LogP contribution < -0.4 is 16.6 Å². The number of para-hydroxylation sites is 1. The van der Waals surface area contributed by atoms with Gasteiger partial charge in [-0.1, -0.05) is 42.8 Å². The van der Waals surface area contributed by atoms with Gasteiger partial charge >= 0.3 is 5.69 Å². The Morgan fingerprint density at radius 2 is 1.74 bits per heavy atom. The molecule has 0 aliphatic carbocycles. The molecule has 3 rings (SSSR count). The zero-order chi connectivity index (χ0) is 19.6. The van der Waals surface area contributed by atoms with Crippen molar-refractivity contribution < 1.29 is 4.79 Å². The fourth-order valence-electron chi connectivity index (χ4n) is 2.70. The van der Waals surface area contributed by atoms with Gasteiger partial charge in [0, 0.05) is 12.7 Å². The highest BCUT2D eigenvalue weighted by Gasteiger charge is 2.19. The molecule has 0 unspecified atom stereocenters. The molecule has 0 spiro atoms. The molecule has 138 valence electrons. The van der Waals surface area contributed by atoms with E-state index in [4.69, 9.17) is 0 Å². The van der Waals surface area contributed by atoms with Gasteiger partial charge in [0.15, 0.2) is 0 Å². The molecule has 1 aromatic heterocycles. The molecule has 27 heavy (non-hydrogen) atoms. The van der Waals surface area contributed by atoms with E-state index in [0.29, 0.717) is 11.4 Å². The quantitative estimate of drug-likeness (QED) is 0.768. The van der Waals surface area contributed by atoms with Crippen LogP contribution in [0.15, 0.2) is 58.1 Å². The molecule has 0 fully saturated rings. The molecule has 7 heteroatoms. The summed E-state index contributed by atoms with van der Waals surface area (Å²) >= 11 is 0. The lowest BCUT2D eigenvalue weighted by molar-refractivity contribution is 0.101. The summed E-state index contributed by atoms with van der Waals surface area (Å²) < 4.78 is 1.94. The maximum absolute atomic E-state index is 12.7. The van der Waals surface area contributed by atoms with Gasteiger partial charge in [0.05, 0.1) is 5.69 Å². The van der Waals surface area contributed by atoms with Crippen molar-refractivity contribution in [2.75, 3.05) is 5.32 Å². The van der Waals surface area contributed by atoms with Gasteiger partial charge in [-0.25, -0.2) is 4.79 Å². The van der Waals surface area contributed by atoms with Crippen molar-refractivity contribution in [2.45, 2.75) is 20.3 Å². The van der Waals surface area contributed by atoms with Gasteiger partial charge < -0.3 is 5.32 Å². The van der Waals surface area contributed by atoms with Gasteiger partial charge in [0.25, 0.3) is 11.5 Å². The molecule has 0 saturated heterocycles. The number of nitrogens with zero attached hydrogens (tertiary/aromatic N) is 3. The predicted octanol–water partition coefficient (Wildman–Crippen LogP) is 2.05. The van der Waals surface area contributed by atoms with E-state index in [1.54, 1.807) is 24.3 Å². The van der Waals surface area contributed by atoms with Crippen LogP contribution in [0.3, 0.4) is 0 Å². The minimum Gasteiger partial charge on any atom is -0.320 e. The molecule has 0 atom stereocenters. The predicted molar refractivity (Wildman–Crippen MR) is 104 cm³/mol. The van der Waals surface area contributed by atoms with Crippen LogP contribution in [0.1, 0.15) is 28.5 Å². The number of amides is 1. The van der Waals surface area contributed by atoms with Crippen molar-refractivity contribution in [2.24, 2.45) is 7.05 Å². The molecule has 1 heterocycles. The summed E-state index contributed by atoms with van der Waals surface area (Å²) in [4.78, 5) is 37.6. The SMILES string of the molecule is CCc1ccccc1NC(=O)c1nn(-c2ccc(C)cc2)c(=O)n(C)c1=O. The molecule has 0 aliphatic heterocycles. The first-order valence-electron chi connectivity index (χ1n) is 8.59. The molecular formula is C20H20N4O3. The van der Waals surface area contributed by atoms with Crippen molar-refractivity contribution >= 4 is 11.6 Å². The average molecular weight is 364 g/mol. The first-order valence-corrected chi connectivity index (χ1v) is 8.59. The molecule has 7 nitrogen and oxygen atoms in total. The Bertz CT molecular complexity index is 1110. The zero-order valence-electron chi connectivity index (χ0n) is 15.4. The maximum atomic E-state index is 12.7. The van der Waals surface area contributed by atoms with Gasteiger partial charge in [-0.3, -0.25) is 14.2 Å². The van der Waals surface area contributed by atoms with Crippen molar-refractivity contribution in [1.82, 2.24) is 14.3 Å². The van der Waals surface area contributed by atoms with E-state index in [9.17, 15) is 14.4 Å². The third-order valence-electron chi connectivity index (χ3n) is 4.32. The number of hydrogen-bond donors (Lipinski definition) is 1. The van der Waals surface area contributed by atoms with Gasteiger partial charge in [0.2, 0.25) is 5.69 Å². The molecular weight excluding hydrogens is 344 g/mol. The molecule has 2 aromatic carbocycles. The van der Waals surface area contributed by atoms with Crippen LogP contribution in [-0.4, -0.2) is 20.3 Å². The van der Waals surface area contributed by atoms with E-state index < -0.39 is 17.2 Å². The Morgan fingerprint density at radius 3 is 2.41 bits per heavy atom. The molecule has 0 saturated carbocycles. The summed E-state index contributed by atoms with van der Waals surface area (Å²) in [5, 5.41) is 6.77. The number of carbonyl (C=O) groups excluding carboxylic acids is 1. The summed E-state index contributed by atoms with van der Waals surface area (Å²) in [5.74, 6) is -0.655. The summed E-state index contributed by atoms with van der Waals surface area (Å²) in [6, 6.07) is 14.4. The average Bonchev–Trinajstić information content (AvgIpc) is 2.67. The number of aromatic nitrogens is 3. The molecule has 1 N–H and O–H groups in total. The zero-order valence-corrected chi connectivity index (χ0v) is 15.4. The van der Waals surface area contributed by atoms with Crippen LogP contribution in [0.2, 0.25) is 0 Å². The van der Waals surface area contributed by atoms with E-state index in [2.05, 4.69) is 10.4 Å². The molecule has 0 bridgehead atoms. The van der Waals surface area contributed by atoms with Crippen molar-refractivity contribution in [3.05, 3.63) is 86.2 Å². The summed E-state index contributed by atoms with van der Waals surface area (Å²) in [6.45, 7) is 3.89. The Hall–Kier alpha value is -3.48. The van der Waals surface area contributed by atoms with E-state index in [0.717, 1.165) is 26.8 Å². The number of anilines is 1. The Morgan fingerprint density at radius 1 is 1.07 bits per heavy atom. The van der Waals surface area contributed by atoms with Crippen LogP contribution in [0.5, 0.6) is 0 Å². The van der Waals surface area contributed by atoms with Crippen LogP contribution in [0, 0.1) is 6.92 Å². The summed E-state index contributed by atoms with van der Waals surface area (Å²) in [6.07, 6.45) is 0.727. The van der Waals surface area contributed by atoms with E-state index in [-0.39, 0.29) is 5.69 Å². The third-order valence-corrected chi connectivity index (χ3v) is 4.32. The van der Waals surface area contributed by atoms with Crippen molar-refractivity contribution in [3.8, 4) is 5.69 Å². The first kappa shape index (κ1) is 18.3. The number of hydrogen-bond acceptors (Lipinski definition) is 4. The smallest absolute Gasteiger partial charge is 0.320 e. The number of aryl methyl sites for hydroxylation is 2. The topological polar surface area (TPSA) is 86.0 Å². The summed E-state index contributed by atoms with van der Waals surface area (Å²) in [7, 11) is 1.33. The van der Waals surface area contributed by atoms with Gasteiger partial charge in [-0.15, -0.1) is 0 Å². The monoisotopic (exact) mass is 364 g/mol. The van der Waals surface area contributed by atoms with Gasteiger partial charge in [-0.05, 0) is 37.1 Å². The minimum absolute atomic E-state index is 0.344. The standard InChI is InChI=1S/C20H20N4O3/c1-4-14-7-5-6-8-16(14)21-18(25)17-19(26)23(3)20(27)24(22-17)15-11-9-13(2)10-12-15/h5-12H,4H2,1-3H3,(H,21,25). The number of rotatable bonds is 4. The molecule has 3 aromatic rings. The second kappa shape index (κ2) is 7.41. The van der Waals surface area contributed by atoms with Crippen LogP contribution in [0.25, 0.3) is 5.69 Å².